The quantitative estimate of drug-likeness (QED) is 0.195. The summed E-state index contributed by atoms with van der Waals surface area (Å²) in [5, 5.41) is 0. The van der Waals surface area contributed by atoms with Crippen LogP contribution in [0.25, 0.3) is 5.57 Å². The van der Waals surface area contributed by atoms with E-state index in [1.54, 1.807) is 5.57 Å². The first kappa shape index (κ1) is 30.4. The first-order valence-electron chi connectivity index (χ1n) is 16.1. The van der Waals surface area contributed by atoms with Crippen molar-refractivity contribution in [2.75, 3.05) is 4.90 Å². The highest BCUT2D eigenvalue weighted by atomic mass is 15.2. The van der Waals surface area contributed by atoms with E-state index in [1.807, 2.05) is 0 Å². The Labute approximate surface area is 260 Å². The lowest BCUT2D eigenvalue weighted by molar-refractivity contribution is 0.363. The molecule has 1 aliphatic carbocycles. The van der Waals surface area contributed by atoms with Crippen molar-refractivity contribution >= 4 is 11.3 Å². The molecule has 4 aromatic carbocycles. The van der Waals surface area contributed by atoms with Gasteiger partial charge in [-0.05, 0) is 92.3 Å². The van der Waals surface area contributed by atoms with E-state index in [9.17, 15) is 0 Å². The molecule has 0 aromatic heterocycles. The van der Waals surface area contributed by atoms with Crippen molar-refractivity contribution in [1.82, 2.24) is 0 Å². The maximum absolute atomic E-state index is 4.54. The van der Waals surface area contributed by atoms with E-state index in [0.29, 0.717) is 12.0 Å². The fourth-order valence-corrected chi connectivity index (χ4v) is 6.50. The topological polar surface area (TPSA) is 3.24 Å². The van der Waals surface area contributed by atoms with Crippen LogP contribution >= 0.6 is 0 Å². The van der Waals surface area contributed by atoms with Gasteiger partial charge < -0.3 is 4.90 Å². The zero-order valence-electron chi connectivity index (χ0n) is 26.3. The monoisotopic (exact) mass is 565 g/mol. The van der Waals surface area contributed by atoms with Gasteiger partial charge in [-0.3, -0.25) is 0 Å². The molecule has 1 saturated heterocycles. The molecular formula is C42H47N. The summed E-state index contributed by atoms with van der Waals surface area (Å²) in [7, 11) is 0. The largest absolute Gasteiger partial charge is 0.337 e. The second-order valence-corrected chi connectivity index (χ2v) is 12.2. The third-order valence-corrected chi connectivity index (χ3v) is 8.86. The zero-order chi connectivity index (χ0) is 30.0. The van der Waals surface area contributed by atoms with Gasteiger partial charge in [0, 0.05) is 17.3 Å². The number of hydrogen-bond acceptors (Lipinski definition) is 1. The number of anilines is 1. The molecule has 1 heterocycles. The van der Waals surface area contributed by atoms with E-state index in [2.05, 4.69) is 154 Å². The van der Waals surface area contributed by atoms with Crippen LogP contribution in [0.4, 0.5) is 5.69 Å². The molecule has 1 nitrogen and oxygen atoms in total. The summed E-state index contributed by atoms with van der Waals surface area (Å²) in [6, 6.07) is 39.7. The standard InChI is InChI=1S/C33H35N.C9H12/c1-24-15-17-27(18-16-24)10-8-14-32-26(3)34(31-12-5-4-6-13-31)33(32)29-21-19-28(20-22-29)30-11-7-9-25(2)23-30;1-2-6-9-7-4-3-5-8-9/h4-7,9,11-13,15-19,21,23,32-33H,3,8,10,14,20,22H2,1-2H3;3-5,7-8H,2,6H2,1H3. The number of aryl methyl sites for hydroxylation is 4. The van der Waals surface area contributed by atoms with Gasteiger partial charge in [0.1, 0.15) is 0 Å². The van der Waals surface area contributed by atoms with Crippen molar-refractivity contribution < 1.29 is 0 Å². The van der Waals surface area contributed by atoms with Gasteiger partial charge in [-0.15, -0.1) is 0 Å². The molecule has 43 heavy (non-hydrogen) atoms. The molecule has 6 rings (SSSR count). The van der Waals surface area contributed by atoms with E-state index >= 15 is 0 Å². The van der Waals surface area contributed by atoms with Crippen LogP contribution in [-0.4, -0.2) is 6.04 Å². The minimum atomic E-state index is 0.420. The van der Waals surface area contributed by atoms with Gasteiger partial charge >= 0.3 is 0 Å². The number of rotatable bonds is 9. The summed E-state index contributed by atoms with van der Waals surface area (Å²) in [6.45, 7) is 11.1. The van der Waals surface area contributed by atoms with Crippen molar-refractivity contribution in [3.8, 4) is 0 Å². The van der Waals surface area contributed by atoms with Crippen LogP contribution in [-0.2, 0) is 12.8 Å². The molecule has 4 aromatic rings. The lowest BCUT2D eigenvalue weighted by Gasteiger charge is -2.53. The van der Waals surface area contributed by atoms with Crippen LogP contribution in [0.3, 0.4) is 0 Å². The first-order valence-corrected chi connectivity index (χ1v) is 16.1. The predicted octanol–water partition coefficient (Wildman–Crippen LogP) is 11.1. The van der Waals surface area contributed by atoms with Crippen molar-refractivity contribution in [2.45, 2.75) is 71.8 Å². The summed E-state index contributed by atoms with van der Waals surface area (Å²) in [5.74, 6) is 0.519. The number of allylic oxidation sites excluding steroid dienone is 3. The molecule has 0 saturated carbocycles. The van der Waals surface area contributed by atoms with E-state index in [0.717, 1.165) is 19.3 Å². The second-order valence-electron chi connectivity index (χ2n) is 12.2. The molecule has 0 N–H and O–H groups in total. The molecule has 2 unspecified atom stereocenters. The van der Waals surface area contributed by atoms with Gasteiger partial charge in [0.2, 0.25) is 0 Å². The fourth-order valence-electron chi connectivity index (χ4n) is 6.50. The molecule has 1 aliphatic heterocycles. The highest BCUT2D eigenvalue weighted by Crippen LogP contribution is 2.47. The van der Waals surface area contributed by atoms with Crippen LogP contribution in [0.5, 0.6) is 0 Å². The van der Waals surface area contributed by atoms with E-state index in [-0.39, 0.29) is 0 Å². The van der Waals surface area contributed by atoms with E-state index in [4.69, 9.17) is 0 Å². The molecule has 2 atom stereocenters. The SMILES string of the molecule is C=C1C(CCCc2ccc(C)cc2)C(C2=CC=C(c3cccc(C)c3)CC2)N1c1ccccc1.CCCc1ccccc1. The van der Waals surface area contributed by atoms with Gasteiger partial charge in [0.15, 0.2) is 0 Å². The minimum absolute atomic E-state index is 0.420. The molecule has 0 radical (unpaired) electrons. The van der Waals surface area contributed by atoms with Gasteiger partial charge in [-0.2, -0.15) is 0 Å². The number of nitrogens with zero attached hydrogens (tertiary/aromatic N) is 1. The fraction of sp³-hybridized carbons (Fsp3) is 0.286. The van der Waals surface area contributed by atoms with Crippen LogP contribution < -0.4 is 4.90 Å². The van der Waals surface area contributed by atoms with Gasteiger partial charge in [0.05, 0.1) is 6.04 Å². The third kappa shape index (κ3) is 7.85. The van der Waals surface area contributed by atoms with E-state index in [1.165, 1.54) is 70.5 Å². The summed E-state index contributed by atoms with van der Waals surface area (Å²) < 4.78 is 0. The summed E-state index contributed by atoms with van der Waals surface area (Å²) in [5.41, 5.74) is 12.4. The smallest absolute Gasteiger partial charge is 0.0634 e. The lowest BCUT2D eigenvalue weighted by Crippen LogP contribution is -2.55. The summed E-state index contributed by atoms with van der Waals surface area (Å²) >= 11 is 0. The number of hydrogen-bond donors (Lipinski definition) is 0. The second kappa shape index (κ2) is 14.9. The Bertz CT molecular complexity index is 1530. The molecule has 2 aliphatic rings. The van der Waals surface area contributed by atoms with Crippen molar-refractivity contribution in [3.63, 3.8) is 0 Å². The normalized spacial score (nSPS) is 17.7. The Morgan fingerprint density at radius 1 is 0.698 bits per heavy atom. The molecule has 220 valence electrons. The van der Waals surface area contributed by atoms with Crippen LogP contribution in [0.2, 0.25) is 0 Å². The maximum atomic E-state index is 4.54. The average molecular weight is 566 g/mol. The molecule has 1 fully saturated rings. The Balaban J connectivity index is 0.000000351. The lowest BCUT2D eigenvalue weighted by atomic mass is 9.74. The van der Waals surface area contributed by atoms with E-state index < -0.39 is 0 Å². The molecule has 0 amide bonds. The molecule has 1 heteroatoms. The summed E-state index contributed by atoms with van der Waals surface area (Å²) in [4.78, 5) is 2.48. The molecule has 0 spiro atoms. The Kier molecular flexibility index (Phi) is 10.5. The first-order chi connectivity index (χ1) is 21.0. The highest BCUT2D eigenvalue weighted by Gasteiger charge is 2.44. The molecule has 0 bridgehead atoms. The number of para-hydroxylation sites is 1. The Morgan fingerprint density at radius 2 is 1.40 bits per heavy atom. The van der Waals surface area contributed by atoms with Gasteiger partial charge in [-0.1, -0.05) is 140 Å². The number of benzene rings is 4. The maximum Gasteiger partial charge on any atom is 0.0634 e. The Morgan fingerprint density at radius 3 is 2.05 bits per heavy atom. The van der Waals surface area contributed by atoms with Gasteiger partial charge in [-0.25, -0.2) is 0 Å². The average Bonchev–Trinajstić information content (AvgIpc) is 3.04. The predicted molar refractivity (Wildman–Crippen MR) is 186 cm³/mol. The highest BCUT2D eigenvalue weighted by molar-refractivity contribution is 5.70. The van der Waals surface area contributed by atoms with Crippen molar-refractivity contribution in [2.24, 2.45) is 5.92 Å². The minimum Gasteiger partial charge on any atom is -0.337 e. The van der Waals surface area contributed by atoms with Crippen molar-refractivity contribution in [1.29, 1.82) is 0 Å². The van der Waals surface area contributed by atoms with Crippen LogP contribution in [0, 0.1) is 19.8 Å². The summed E-state index contributed by atoms with van der Waals surface area (Å²) in [6.07, 6.45) is 13.0. The third-order valence-electron chi connectivity index (χ3n) is 8.86. The zero-order valence-corrected chi connectivity index (χ0v) is 26.3. The van der Waals surface area contributed by atoms with Gasteiger partial charge in [0.25, 0.3) is 0 Å². The molecular weight excluding hydrogens is 518 g/mol. The van der Waals surface area contributed by atoms with Crippen LogP contribution in [0.15, 0.2) is 139 Å². The Hall–Kier alpha value is -4.10. The van der Waals surface area contributed by atoms with Crippen LogP contribution in [0.1, 0.15) is 66.8 Å². The van der Waals surface area contributed by atoms with Crippen molar-refractivity contribution in [3.05, 3.63) is 167 Å².